The van der Waals surface area contributed by atoms with E-state index in [-0.39, 0.29) is 0 Å². The summed E-state index contributed by atoms with van der Waals surface area (Å²) >= 11 is 1.66. The van der Waals surface area contributed by atoms with E-state index in [9.17, 15) is 0 Å². The third kappa shape index (κ3) is 5.09. The predicted octanol–water partition coefficient (Wildman–Crippen LogP) is 7.56. The Labute approximate surface area is 216 Å². The van der Waals surface area contributed by atoms with Gasteiger partial charge in [0, 0.05) is 44.9 Å². The Bertz CT molecular complexity index is 1500. The van der Waals surface area contributed by atoms with E-state index >= 15 is 0 Å². The molecule has 0 bridgehead atoms. The van der Waals surface area contributed by atoms with Gasteiger partial charge in [0.1, 0.15) is 11.3 Å². The highest BCUT2D eigenvalue weighted by atomic mass is 32.1. The molecule has 3 aromatic heterocycles. The van der Waals surface area contributed by atoms with Crippen molar-refractivity contribution in [2.75, 3.05) is 5.73 Å². The normalized spacial score (nSPS) is 12.2. The molecule has 0 fully saturated rings. The topological polar surface area (TPSA) is 79.6 Å². The van der Waals surface area contributed by atoms with Gasteiger partial charge >= 0.3 is 0 Å². The Hall–Kier alpha value is -4.16. The maximum atomic E-state index is 6.41. The van der Waals surface area contributed by atoms with E-state index in [1.54, 1.807) is 23.6 Å². The summed E-state index contributed by atoms with van der Waals surface area (Å²) in [6.45, 7) is 18.6. The highest BCUT2D eigenvalue weighted by molar-refractivity contribution is 7.13. The van der Waals surface area contributed by atoms with Crippen LogP contribution in [0.25, 0.3) is 32.6 Å². The first-order chi connectivity index (χ1) is 17.3. The zero-order valence-corrected chi connectivity index (χ0v) is 21.7. The maximum Gasteiger partial charge on any atom is 0.138 e. The first-order valence-electron chi connectivity index (χ1n) is 11.8. The summed E-state index contributed by atoms with van der Waals surface area (Å²) in [5, 5.41) is 5.40. The minimum Gasteiger partial charge on any atom is -0.398 e. The van der Waals surface area contributed by atoms with E-state index < -0.39 is 0 Å². The summed E-state index contributed by atoms with van der Waals surface area (Å²) in [5.74, 6) is 0.979. The number of imidazole rings is 1. The van der Waals surface area contributed by atoms with Crippen molar-refractivity contribution in [2.45, 2.75) is 20.8 Å². The van der Waals surface area contributed by atoms with Gasteiger partial charge in [0.2, 0.25) is 0 Å². The van der Waals surface area contributed by atoms with E-state index in [1.165, 1.54) is 0 Å². The molecule has 0 saturated carbocycles. The lowest BCUT2D eigenvalue weighted by Gasteiger charge is -2.15. The summed E-state index contributed by atoms with van der Waals surface area (Å²) in [6, 6.07) is 10.1. The molecule has 0 saturated heterocycles. The van der Waals surface area contributed by atoms with Crippen LogP contribution < -0.4 is 11.1 Å². The number of aromatic nitrogens is 3. The van der Waals surface area contributed by atoms with Crippen molar-refractivity contribution in [1.82, 2.24) is 20.3 Å². The van der Waals surface area contributed by atoms with Crippen LogP contribution >= 0.6 is 11.3 Å². The molecule has 0 aliphatic carbocycles. The Morgan fingerprint density at radius 3 is 2.67 bits per heavy atom. The van der Waals surface area contributed by atoms with E-state index in [1.807, 2.05) is 42.8 Å². The Morgan fingerprint density at radius 2 is 2.00 bits per heavy atom. The number of pyridine rings is 1. The van der Waals surface area contributed by atoms with Crippen LogP contribution in [0.2, 0.25) is 0 Å². The van der Waals surface area contributed by atoms with Crippen LogP contribution in [-0.2, 0) is 0 Å². The van der Waals surface area contributed by atoms with E-state index in [2.05, 4.69) is 67.1 Å². The highest BCUT2D eigenvalue weighted by Gasteiger charge is 2.16. The van der Waals surface area contributed by atoms with Crippen molar-refractivity contribution in [3.05, 3.63) is 114 Å². The number of nitrogen functional groups attached to an aromatic ring is 1. The molecular weight excluding hydrogens is 462 g/mol. The lowest BCUT2D eigenvalue weighted by Crippen LogP contribution is -2.14. The highest BCUT2D eigenvalue weighted by Crippen LogP contribution is 2.33. The fourth-order valence-electron chi connectivity index (χ4n) is 3.79. The van der Waals surface area contributed by atoms with Gasteiger partial charge in [-0.2, -0.15) is 0 Å². The van der Waals surface area contributed by atoms with E-state index in [4.69, 9.17) is 10.7 Å². The molecule has 4 rings (SSSR count). The molecule has 6 heteroatoms. The number of hydrogen-bond acceptors (Lipinski definition) is 5. The van der Waals surface area contributed by atoms with E-state index in [0.29, 0.717) is 17.4 Å². The zero-order chi connectivity index (χ0) is 25.8. The van der Waals surface area contributed by atoms with Crippen LogP contribution in [0, 0.1) is 5.92 Å². The van der Waals surface area contributed by atoms with Crippen molar-refractivity contribution in [2.24, 2.45) is 5.92 Å². The molecule has 1 aromatic carbocycles. The average Bonchev–Trinajstić information content (AvgIpc) is 3.56. The monoisotopic (exact) mass is 493 g/mol. The quantitative estimate of drug-likeness (QED) is 0.166. The Morgan fingerprint density at radius 1 is 1.19 bits per heavy atom. The second kappa shape index (κ2) is 10.6. The van der Waals surface area contributed by atoms with Gasteiger partial charge in [0.15, 0.2) is 0 Å². The number of anilines is 1. The molecular formula is C30H31N5S. The Kier molecular flexibility index (Phi) is 7.36. The first kappa shape index (κ1) is 24.9. The number of nitrogens with zero attached hydrogens (tertiary/aromatic N) is 2. The van der Waals surface area contributed by atoms with Crippen LogP contribution in [0.5, 0.6) is 0 Å². The molecule has 4 aromatic rings. The van der Waals surface area contributed by atoms with Crippen LogP contribution in [0.3, 0.4) is 0 Å². The van der Waals surface area contributed by atoms with E-state index in [0.717, 1.165) is 55.1 Å². The summed E-state index contributed by atoms with van der Waals surface area (Å²) in [5.41, 5.74) is 15.2. The average molecular weight is 494 g/mol. The number of allylic oxidation sites excluding steroid dienone is 5. The van der Waals surface area contributed by atoms with Gasteiger partial charge in [0.25, 0.3) is 0 Å². The second-order valence-electron chi connectivity index (χ2n) is 8.78. The number of aromatic amines is 1. The third-order valence-corrected chi connectivity index (χ3v) is 6.93. The van der Waals surface area contributed by atoms with Crippen molar-refractivity contribution >= 4 is 39.2 Å². The number of fused-ring (bicyclic) bond motifs is 1. The molecule has 36 heavy (non-hydrogen) atoms. The fourth-order valence-corrected chi connectivity index (χ4v) is 4.53. The van der Waals surface area contributed by atoms with Crippen molar-refractivity contribution in [1.29, 1.82) is 0 Å². The number of thiophene rings is 1. The van der Waals surface area contributed by atoms with Gasteiger partial charge < -0.3 is 16.0 Å². The number of benzene rings is 1. The minimum atomic E-state index is 0.313. The summed E-state index contributed by atoms with van der Waals surface area (Å²) in [6.07, 6.45) is 9.54. The SMILES string of the molecule is C=C/C(=C\C(=C/C)c1ccc(N)c(C(=C)c2nc3c(-c4cccs4)cncc3[nH]2)c1)NC(=C)C(C)C. The number of H-pyrrole nitrogens is 1. The van der Waals surface area contributed by atoms with Crippen LogP contribution in [0.1, 0.15) is 37.7 Å². The van der Waals surface area contributed by atoms with Gasteiger partial charge in [-0.25, -0.2) is 4.98 Å². The predicted molar refractivity (Wildman–Crippen MR) is 155 cm³/mol. The molecule has 0 aliphatic heterocycles. The van der Waals surface area contributed by atoms with Gasteiger partial charge in [0.05, 0.1) is 11.7 Å². The number of hydrogen-bond donors (Lipinski definition) is 3. The molecule has 3 heterocycles. The maximum absolute atomic E-state index is 6.41. The lowest BCUT2D eigenvalue weighted by molar-refractivity contribution is 0.710. The zero-order valence-electron chi connectivity index (χ0n) is 20.9. The molecule has 0 amide bonds. The molecule has 5 nitrogen and oxygen atoms in total. The van der Waals surface area contributed by atoms with Gasteiger partial charge in [-0.3, -0.25) is 4.98 Å². The number of nitrogens with one attached hydrogen (secondary N) is 2. The fraction of sp³-hybridized carbons (Fsp3) is 0.133. The summed E-state index contributed by atoms with van der Waals surface area (Å²) in [7, 11) is 0. The largest absolute Gasteiger partial charge is 0.398 e. The van der Waals surface area contributed by atoms with Gasteiger partial charge in [-0.1, -0.05) is 51.8 Å². The van der Waals surface area contributed by atoms with Crippen LogP contribution in [-0.4, -0.2) is 15.0 Å². The molecule has 0 atom stereocenters. The first-order valence-corrected chi connectivity index (χ1v) is 12.6. The van der Waals surface area contributed by atoms with Gasteiger partial charge in [-0.15, -0.1) is 11.3 Å². The van der Waals surface area contributed by atoms with Crippen molar-refractivity contribution in [3.8, 4) is 10.4 Å². The Balaban J connectivity index is 1.70. The van der Waals surface area contributed by atoms with Crippen molar-refractivity contribution in [3.63, 3.8) is 0 Å². The van der Waals surface area contributed by atoms with Crippen LogP contribution in [0.15, 0.2) is 97.5 Å². The number of rotatable bonds is 9. The summed E-state index contributed by atoms with van der Waals surface area (Å²) in [4.78, 5) is 13.8. The van der Waals surface area contributed by atoms with Crippen LogP contribution in [0.4, 0.5) is 5.69 Å². The molecule has 0 radical (unpaired) electrons. The molecule has 0 aliphatic rings. The van der Waals surface area contributed by atoms with Gasteiger partial charge in [-0.05, 0) is 59.7 Å². The third-order valence-electron chi connectivity index (χ3n) is 6.02. The molecule has 182 valence electrons. The summed E-state index contributed by atoms with van der Waals surface area (Å²) < 4.78 is 0. The standard InChI is InChI=1S/C30H31N5S/c1-7-21(14-23(8-2)33-20(6)18(3)4)22-11-12-26(31)24(15-22)19(5)30-34-27-17-32-16-25(29(27)35-30)28-10-9-13-36-28/h7-18,33H,2,5-6,31H2,1,3-4H3,(H,34,35)/b21-7+,23-14+. The number of nitrogens with two attached hydrogens (primary N) is 1. The molecule has 4 N–H and O–H groups in total. The molecule has 0 spiro atoms. The molecule has 0 unspecified atom stereocenters. The van der Waals surface area contributed by atoms with Crippen molar-refractivity contribution < 1.29 is 0 Å². The minimum absolute atomic E-state index is 0.313. The smallest absolute Gasteiger partial charge is 0.138 e. The lowest BCUT2D eigenvalue weighted by atomic mass is 9.97. The second-order valence-corrected chi connectivity index (χ2v) is 9.73.